The Bertz CT molecular complexity index is 962. The number of anilines is 1. The predicted octanol–water partition coefficient (Wildman–Crippen LogP) is 3.10. The van der Waals surface area contributed by atoms with Gasteiger partial charge in [-0.3, -0.25) is 4.79 Å². The van der Waals surface area contributed by atoms with Crippen molar-refractivity contribution >= 4 is 23.6 Å². The quantitative estimate of drug-likeness (QED) is 0.494. The van der Waals surface area contributed by atoms with Gasteiger partial charge in [-0.1, -0.05) is 12.1 Å². The van der Waals surface area contributed by atoms with Gasteiger partial charge in [0, 0.05) is 11.8 Å². The van der Waals surface area contributed by atoms with Crippen LogP contribution in [-0.2, 0) is 9.59 Å². The summed E-state index contributed by atoms with van der Waals surface area (Å²) >= 11 is 0. The Labute approximate surface area is 167 Å². The van der Waals surface area contributed by atoms with Crippen LogP contribution in [-0.4, -0.2) is 37.3 Å². The monoisotopic (exact) mass is 396 g/mol. The maximum atomic E-state index is 12.5. The molecule has 0 heterocycles. The highest BCUT2D eigenvalue weighted by molar-refractivity contribution is 6.09. The Morgan fingerprint density at radius 1 is 1.17 bits per heavy atom. The van der Waals surface area contributed by atoms with Crippen LogP contribution in [0.5, 0.6) is 17.2 Å². The van der Waals surface area contributed by atoms with Crippen LogP contribution in [0, 0.1) is 11.3 Å². The SMILES string of the molecule is CCOc1cccc(NC(=O)/C(C#N)=C/c2ccc(OCC(=O)O)c(OC)c2)c1. The summed E-state index contributed by atoms with van der Waals surface area (Å²) in [6.45, 7) is 1.83. The molecule has 0 saturated carbocycles. The largest absolute Gasteiger partial charge is 0.494 e. The Hall–Kier alpha value is -3.99. The van der Waals surface area contributed by atoms with Gasteiger partial charge in [0.2, 0.25) is 0 Å². The van der Waals surface area contributed by atoms with Crippen molar-refractivity contribution in [3.05, 3.63) is 53.6 Å². The van der Waals surface area contributed by atoms with E-state index in [1.807, 2.05) is 13.0 Å². The van der Waals surface area contributed by atoms with Gasteiger partial charge in [-0.2, -0.15) is 5.26 Å². The van der Waals surface area contributed by atoms with Crippen molar-refractivity contribution in [2.24, 2.45) is 0 Å². The summed E-state index contributed by atoms with van der Waals surface area (Å²) in [6.07, 6.45) is 1.39. The number of carbonyl (C=O) groups excluding carboxylic acids is 1. The minimum absolute atomic E-state index is 0.118. The van der Waals surface area contributed by atoms with Crippen LogP contribution < -0.4 is 19.5 Å². The highest BCUT2D eigenvalue weighted by Crippen LogP contribution is 2.29. The van der Waals surface area contributed by atoms with Crippen LogP contribution in [0.1, 0.15) is 12.5 Å². The van der Waals surface area contributed by atoms with Crippen molar-refractivity contribution in [3.8, 4) is 23.3 Å². The molecule has 8 heteroatoms. The number of carboxylic acid groups (broad SMARTS) is 1. The number of amides is 1. The Morgan fingerprint density at radius 3 is 2.62 bits per heavy atom. The van der Waals surface area contributed by atoms with E-state index in [-0.39, 0.29) is 17.1 Å². The molecule has 0 bridgehead atoms. The van der Waals surface area contributed by atoms with Crippen molar-refractivity contribution in [3.63, 3.8) is 0 Å². The van der Waals surface area contributed by atoms with E-state index >= 15 is 0 Å². The molecule has 2 N–H and O–H groups in total. The Balaban J connectivity index is 2.20. The molecule has 0 spiro atoms. The third-order valence-corrected chi connectivity index (χ3v) is 3.62. The first-order chi connectivity index (χ1) is 14.0. The molecule has 2 aromatic carbocycles. The second-order valence-corrected chi connectivity index (χ2v) is 5.68. The molecule has 29 heavy (non-hydrogen) atoms. The fraction of sp³-hybridized carbons (Fsp3) is 0.190. The van der Waals surface area contributed by atoms with Gasteiger partial charge in [0.25, 0.3) is 5.91 Å². The molecular weight excluding hydrogens is 376 g/mol. The summed E-state index contributed by atoms with van der Waals surface area (Å²) in [5.74, 6) is -0.571. The van der Waals surface area contributed by atoms with Crippen LogP contribution in [0.3, 0.4) is 0 Å². The molecule has 2 aromatic rings. The average Bonchev–Trinajstić information content (AvgIpc) is 2.71. The molecule has 0 atom stereocenters. The van der Waals surface area contributed by atoms with Crippen LogP contribution >= 0.6 is 0 Å². The van der Waals surface area contributed by atoms with E-state index in [9.17, 15) is 14.9 Å². The number of hydrogen-bond donors (Lipinski definition) is 2. The van der Waals surface area contributed by atoms with E-state index in [0.29, 0.717) is 23.6 Å². The molecule has 8 nitrogen and oxygen atoms in total. The third kappa shape index (κ3) is 6.29. The zero-order valence-corrected chi connectivity index (χ0v) is 16.0. The van der Waals surface area contributed by atoms with Crippen molar-refractivity contribution < 1.29 is 28.9 Å². The normalized spacial score (nSPS) is 10.6. The van der Waals surface area contributed by atoms with Crippen molar-refractivity contribution in [1.82, 2.24) is 0 Å². The van der Waals surface area contributed by atoms with Crippen molar-refractivity contribution in [2.75, 3.05) is 25.6 Å². The summed E-state index contributed by atoms with van der Waals surface area (Å²) in [7, 11) is 1.40. The second kappa shape index (κ2) is 10.4. The molecule has 1 amide bonds. The van der Waals surface area contributed by atoms with Gasteiger partial charge in [0.15, 0.2) is 18.1 Å². The number of ether oxygens (including phenoxy) is 3. The first-order valence-corrected chi connectivity index (χ1v) is 8.65. The van der Waals surface area contributed by atoms with E-state index in [0.717, 1.165) is 0 Å². The number of nitrogens with zero attached hydrogens (tertiary/aromatic N) is 1. The van der Waals surface area contributed by atoms with Crippen molar-refractivity contribution in [1.29, 1.82) is 5.26 Å². The summed E-state index contributed by atoms with van der Waals surface area (Å²) in [6, 6.07) is 13.3. The molecule has 0 saturated heterocycles. The molecule has 0 radical (unpaired) electrons. The highest BCUT2D eigenvalue weighted by Gasteiger charge is 2.12. The molecule has 150 valence electrons. The van der Waals surface area contributed by atoms with Crippen LogP contribution in [0.15, 0.2) is 48.0 Å². The van der Waals surface area contributed by atoms with Crippen LogP contribution in [0.2, 0.25) is 0 Å². The van der Waals surface area contributed by atoms with E-state index in [1.165, 1.54) is 25.3 Å². The minimum Gasteiger partial charge on any atom is -0.494 e. The summed E-state index contributed by atoms with van der Waals surface area (Å²) in [5, 5.41) is 20.7. The average molecular weight is 396 g/mol. The number of hydrogen-bond acceptors (Lipinski definition) is 6. The smallest absolute Gasteiger partial charge is 0.341 e. The van der Waals surface area contributed by atoms with Gasteiger partial charge >= 0.3 is 5.97 Å². The number of carboxylic acids is 1. The van der Waals surface area contributed by atoms with Gasteiger partial charge in [-0.15, -0.1) is 0 Å². The molecule has 0 aliphatic rings. The van der Waals surface area contributed by atoms with E-state index < -0.39 is 18.5 Å². The number of nitrogens with one attached hydrogen (secondary N) is 1. The zero-order valence-electron chi connectivity index (χ0n) is 16.0. The minimum atomic E-state index is -1.12. The lowest BCUT2D eigenvalue weighted by molar-refractivity contribution is -0.139. The van der Waals surface area contributed by atoms with Gasteiger partial charge in [0.1, 0.15) is 17.4 Å². The maximum absolute atomic E-state index is 12.5. The zero-order chi connectivity index (χ0) is 21.2. The molecule has 0 fully saturated rings. The van der Waals surface area contributed by atoms with Gasteiger partial charge in [0.05, 0.1) is 13.7 Å². The van der Waals surface area contributed by atoms with Gasteiger partial charge in [-0.25, -0.2) is 4.79 Å². The summed E-state index contributed by atoms with van der Waals surface area (Å²) in [4.78, 5) is 23.1. The Kier molecular flexibility index (Phi) is 7.62. The molecule has 0 unspecified atom stereocenters. The second-order valence-electron chi connectivity index (χ2n) is 5.68. The molecular formula is C21H20N2O6. The summed E-state index contributed by atoms with van der Waals surface area (Å²) < 4.78 is 15.7. The standard InChI is InChI=1S/C21H20N2O6/c1-3-28-17-6-4-5-16(11-17)23-21(26)15(12-22)9-14-7-8-18(19(10-14)27-2)29-13-20(24)25/h4-11H,3,13H2,1-2H3,(H,23,26)(H,24,25)/b15-9+. The number of aliphatic carboxylic acids is 1. The van der Waals surface area contributed by atoms with Crippen molar-refractivity contribution in [2.45, 2.75) is 6.92 Å². The molecule has 0 aromatic heterocycles. The third-order valence-electron chi connectivity index (χ3n) is 3.62. The predicted molar refractivity (Wildman–Crippen MR) is 106 cm³/mol. The lowest BCUT2D eigenvalue weighted by Gasteiger charge is -2.10. The number of carbonyl (C=O) groups is 2. The molecule has 0 aliphatic heterocycles. The topological polar surface area (TPSA) is 118 Å². The summed E-state index contributed by atoms with van der Waals surface area (Å²) in [5.41, 5.74) is 0.893. The number of methoxy groups -OCH3 is 1. The number of nitriles is 1. The highest BCUT2D eigenvalue weighted by atomic mass is 16.5. The van der Waals surface area contributed by atoms with Gasteiger partial charge in [-0.05, 0) is 42.8 Å². The first kappa shape index (κ1) is 21.3. The first-order valence-electron chi connectivity index (χ1n) is 8.65. The fourth-order valence-corrected chi connectivity index (χ4v) is 2.38. The van der Waals surface area contributed by atoms with Crippen LogP contribution in [0.4, 0.5) is 5.69 Å². The lowest BCUT2D eigenvalue weighted by Crippen LogP contribution is -2.13. The number of rotatable bonds is 9. The fourth-order valence-electron chi connectivity index (χ4n) is 2.38. The number of benzene rings is 2. The maximum Gasteiger partial charge on any atom is 0.341 e. The van der Waals surface area contributed by atoms with E-state index in [2.05, 4.69) is 5.32 Å². The lowest BCUT2D eigenvalue weighted by atomic mass is 10.1. The van der Waals surface area contributed by atoms with E-state index in [4.69, 9.17) is 19.3 Å². The van der Waals surface area contributed by atoms with E-state index in [1.54, 1.807) is 30.3 Å². The molecule has 0 aliphatic carbocycles. The Morgan fingerprint density at radius 2 is 1.97 bits per heavy atom. The van der Waals surface area contributed by atoms with Crippen LogP contribution in [0.25, 0.3) is 6.08 Å². The van der Waals surface area contributed by atoms with Gasteiger partial charge < -0.3 is 24.6 Å². The molecule has 2 rings (SSSR count).